The van der Waals surface area contributed by atoms with Gasteiger partial charge in [0.1, 0.15) is 0 Å². The fourth-order valence-electron chi connectivity index (χ4n) is 1.94. The minimum atomic E-state index is -0.201. The van der Waals surface area contributed by atoms with E-state index in [0.29, 0.717) is 0 Å². The van der Waals surface area contributed by atoms with Crippen molar-refractivity contribution in [3.05, 3.63) is 29.8 Å². The SMILES string of the molecule is CCCOB(OCCC)c1ccccc1CCC. The Morgan fingerprint density at radius 2 is 1.50 bits per heavy atom. The number of hydrogen-bond acceptors (Lipinski definition) is 2. The third-order valence-electron chi connectivity index (χ3n) is 2.78. The molecule has 0 aromatic heterocycles. The van der Waals surface area contributed by atoms with Crippen LogP contribution in [0.3, 0.4) is 0 Å². The molecule has 0 fully saturated rings. The summed E-state index contributed by atoms with van der Waals surface area (Å²) in [4.78, 5) is 0. The standard InChI is InChI=1S/C15H25BO2/c1-4-9-14-10-7-8-11-15(14)16(17-12-5-2)18-13-6-3/h7-8,10-11H,4-6,9,12-13H2,1-3H3. The van der Waals surface area contributed by atoms with Crippen LogP contribution in [0, 0.1) is 0 Å². The van der Waals surface area contributed by atoms with Crippen molar-refractivity contribution in [1.29, 1.82) is 0 Å². The van der Waals surface area contributed by atoms with Crippen molar-refractivity contribution in [3.8, 4) is 0 Å². The third kappa shape index (κ3) is 4.83. The van der Waals surface area contributed by atoms with Crippen molar-refractivity contribution in [2.24, 2.45) is 0 Å². The summed E-state index contributed by atoms with van der Waals surface area (Å²) in [6, 6.07) is 8.45. The van der Waals surface area contributed by atoms with Crippen LogP contribution in [0.25, 0.3) is 0 Å². The van der Waals surface area contributed by atoms with Gasteiger partial charge in [-0.05, 0) is 30.3 Å². The fraction of sp³-hybridized carbons (Fsp3) is 0.600. The zero-order valence-corrected chi connectivity index (χ0v) is 11.9. The molecule has 0 amide bonds. The monoisotopic (exact) mass is 248 g/mol. The molecule has 0 atom stereocenters. The molecule has 0 aliphatic heterocycles. The van der Waals surface area contributed by atoms with Crippen LogP contribution in [0.15, 0.2) is 24.3 Å². The number of hydrogen-bond donors (Lipinski definition) is 0. The lowest BCUT2D eigenvalue weighted by Crippen LogP contribution is -2.39. The molecule has 18 heavy (non-hydrogen) atoms. The second kappa shape index (κ2) is 9.18. The molecule has 0 aliphatic carbocycles. The van der Waals surface area contributed by atoms with Gasteiger partial charge in [0.25, 0.3) is 0 Å². The molecule has 100 valence electrons. The van der Waals surface area contributed by atoms with Crippen LogP contribution in [-0.2, 0) is 15.7 Å². The van der Waals surface area contributed by atoms with E-state index in [-0.39, 0.29) is 7.12 Å². The first kappa shape index (κ1) is 15.3. The van der Waals surface area contributed by atoms with E-state index in [1.54, 1.807) is 0 Å². The van der Waals surface area contributed by atoms with E-state index in [2.05, 4.69) is 45.0 Å². The topological polar surface area (TPSA) is 18.5 Å². The van der Waals surface area contributed by atoms with Crippen LogP contribution in [0.4, 0.5) is 0 Å². The average Bonchev–Trinajstić information content (AvgIpc) is 2.40. The normalized spacial score (nSPS) is 10.6. The highest BCUT2D eigenvalue weighted by Gasteiger charge is 2.23. The maximum Gasteiger partial charge on any atom is 0.494 e. The maximum absolute atomic E-state index is 5.84. The molecule has 0 spiro atoms. The predicted molar refractivity (Wildman–Crippen MR) is 78.3 cm³/mol. The smallest absolute Gasteiger partial charge is 0.407 e. The first-order valence-corrected chi connectivity index (χ1v) is 7.14. The third-order valence-corrected chi connectivity index (χ3v) is 2.78. The molecule has 3 heteroatoms. The molecule has 1 rings (SSSR count). The molecule has 0 N–H and O–H groups in total. The van der Waals surface area contributed by atoms with Crippen molar-refractivity contribution in [2.45, 2.75) is 46.5 Å². The van der Waals surface area contributed by atoms with Crippen molar-refractivity contribution in [3.63, 3.8) is 0 Å². The zero-order chi connectivity index (χ0) is 13.2. The summed E-state index contributed by atoms with van der Waals surface area (Å²) in [5.74, 6) is 0. The fourth-order valence-corrected chi connectivity index (χ4v) is 1.94. The Balaban J connectivity index is 2.81. The molecule has 1 aromatic rings. The number of benzene rings is 1. The Morgan fingerprint density at radius 1 is 0.889 bits per heavy atom. The van der Waals surface area contributed by atoms with Crippen LogP contribution < -0.4 is 5.46 Å². The van der Waals surface area contributed by atoms with Gasteiger partial charge in [-0.3, -0.25) is 0 Å². The molecule has 0 bridgehead atoms. The highest BCUT2D eigenvalue weighted by molar-refractivity contribution is 6.61. The van der Waals surface area contributed by atoms with Crippen molar-refractivity contribution >= 4 is 12.6 Å². The molecule has 0 radical (unpaired) electrons. The van der Waals surface area contributed by atoms with Gasteiger partial charge < -0.3 is 9.31 Å². The maximum atomic E-state index is 5.84. The summed E-state index contributed by atoms with van der Waals surface area (Å²) in [6.45, 7) is 7.93. The molecule has 1 aromatic carbocycles. The number of rotatable bonds is 9. The molecular formula is C15H25BO2. The van der Waals surface area contributed by atoms with E-state index in [9.17, 15) is 0 Å². The molecule has 2 nitrogen and oxygen atoms in total. The van der Waals surface area contributed by atoms with Crippen LogP contribution in [-0.4, -0.2) is 20.3 Å². The molecule has 0 heterocycles. The first-order valence-electron chi connectivity index (χ1n) is 7.14. The Bertz CT molecular complexity index is 320. The van der Waals surface area contributed by atoms with Gasteiger partial charge in [-0.2, -0.15) is 0 Å². The number of aryl methyl sites for hydroxylation is 1. The van der Waals surface area contributed by atoms with Crippen LogP contribution >= 0.6 is 0 Å². The van der Waals surface area contributed by atoms with Crippen molar-refractivity contribution in [2.75, 3.05) is 13.2 Å². The summed E-state index contributed by atoms with van der Waals surface area (Å²) >= 11 is 0. The summed E-state index contributed by atoms with van der Waals surface area (Å²) in [5.41, 5.74) is 2.54. The van der Waals surface area contributed by atoms with Gasteiger partial charge in [0.2, 0.25) is 0 Å². The highest BCUT2D eigenvalue weighted by atomic mass is 16.6. The van der Waals surface area contributed by atoms with Crippen molar-refractivity contribution < 1.29 is 9.31 Å². The Labute approximate surface area is 112 Å². The Morgan fingerprint density at radius 3 is 2.06 bits per heavy atom. The molecule has 0 saturated heterocycles. The van der Waals surface area contributed by atoms with Crippen molar-refractivity contribution in [1.82, 2.24) is 0 Å². The van der Waals surface area contributed by atoms with Crippen LogP contribution in [0.1, 0.15) is 45.6 Å². The van der Waals surface area contributed by atoms with Crippen LogP contribution in [0.2, 0.25) is 0 Å². The van der Waals surface area contributed by atoms with Gasteiger partial charge in [-0.15, -0.1) is 0 Å². The molecule has 0 unspecified atom stereocenters. The van der Waals surface area contributed by atoms with Crippen LogP contribution in [0.5, 0.6) is 0 Å². The summed E-state index contributed by atoms with van der Waals surface area (Å²) < 4.78 is 11.7. The summed E-state index contributed by atoms with van der Waals surface area (Å²) in [6.07, 6.45) is 4.26. The second-order valence-electron chi connectivity index (χ2n) is 4.52. The summed E-state index contributed by atoms with van der Waals surface area (Å²) in [5, 5.41) is 0. The Hall–Kier alpha value is -0.795. The lowest BCUT2D eigenvalue weighted by molar-refractivity contribution is 0.207. The van der Waals surface area contributed by atoms with E-state index in [1.165, 1.54) is 11.0 Å². The predicted octanol–water partition coefficient (Wildman–Crippen LogP) is 3.19. The van der Waals surface area contributed by atoms with Gasteiger partial charge in [-0.1, -0.05) is 51.5 Å². The van der Waals surface area contributed by atoms with E-state index in [4.69, 9.17) is 9.31 Å². The van der Waals surface area contributed by atoms with Gasteiger partial charge in [0.05, 0.1) is 0 Å². The lowest BCUT2D eigenvalue weighted by atomic mass is 9.74. The van der Waals surface area contributed by atoms with E-state index in [0.717, 1.165) is 38.9 Å². The van der Waals surface area contributed by atoms with Gasteiger partial charge in [0.15, 0.2) is 0 Å². The van der Waals surface area contributed by atoms with Gasteiger partial charge >= 0.3 is 7.12 Å². The highest BCUT2D eigenvalue weighted by Crippen LogP contribution is 2.05. The Kier molecular flexibility index (Phi) is 7.78. The molecule has 0 saturated carbocycles. The largest absolute Gasteiger partial charge is 0.494 e. The average molecular weight is 248 g/mol. The van der Waals surface area contributed by atoms with E-state index >= 15 is 0 Å². The zero-order valence-electron chi connectivity index (χ0n) is 11.9. The van der Waals surface area contributed by atoms with E-state index < -0.39 is 0 Å². The van der Waals surface area contributed by atoms with Gasteiger partial charge in [0, 0.05) is 13.2 Å². The summed E-state index contributed by atoms with van der Waals surface area (Å²) in [7, 11) is -0.201. The molecular weight excluding hydrogens is 223 g/mol. The lowest BCUT2D eigenvalue weighted by Gasteiger charge is -2.17. The minimum Gasteiger partial charge on any atom is -0.407 e. The van der Waals surface area contributed by atoms with Gasteiger partial charge in [-0.25, -0.2) is 0 Å². The molecule has 0 aliphatic rings. The first-order chi connectivity index (χ1) is 8.83. The quantitative estimate of drug-likeness (QED) is 0.625. The second-order valence-corrected chi connectivity index (χ2v) is 4.52. The minimum absolute atomic E-state index is 0.201. The van der Waals surface area contributed by atoms with E-state index in [1.807, 2.05) is 0 Å².